The number of hydrogen-bond donors (Lipinski definition) is 1. The van der Waals surface area contributed by atoms with Crippen molar-refractivity contribution in [2.24, 2.45) is 0 Å². The quantitative estimate of drug-likeness (QED) is 0.811. The third-order valence-electron chi connectivity index (χ3n) is 3.11. The molecule has 0 bridgehead atoms. The molecule has 19 heavy (non-hydrogen) atoms. The number of hydrogen-bond acceptors (Lipinski definition) is 3. The van der Waals surface area contributed by atoms with Crippen LogP contribution in [0.5, 0.6) is 0 Å². The predicted octanol–water partition coefficient (Wildman–Crippen LogP) is 2.09. The molecule has 1 N–H and O–H groups in total. The SMILES string of the molecule is O=C(O)N1CCn2c(-c3cccc(Cl)n3)cnc2C1. The van der Waals surface area contributed by atoms with E-state index < -0.39 is 6.09 Å². The van der Waals surface area contributed by atoms with E-state index >= 15 is 0 Å². The molecule has 7 heteroatoms. The van der Waals surface area contributed by atoms with Gasteiger partial charge in [-0.15, -0.1) is 0 Å². The number of aromatic nitrogens is 3. The summed E-state index contributed by atoms with van der Waals surface area (Å²) in [5.41, 5.74) is 1.61. The second-order valence-corrected chi connectivity index (χ2v) is 4.65. The molecule has 6 nitrogen and oxygen atoms in total. The molecule has 0 aromatic carbocycles. The van der Waals surface area contributed by atoms with Gasteiger partial charge in [0.25, 0.3) is 0 Å². The summed E-state index contributed by atoms with van der Waals surface area (Å²) in [5.74, 6) is 0.727. The highest BCUT2D eigenvalue weighted by Crippen LogP contribution is 2.23. The van der Waals surface area contributed by atoms with Crippen LogP contribution in [0, 0.1) is 0 Å². The van der Waals surface area contributed by atoms with Gasteiger partial charge in [-0.25, -0.2) is 14.8 Å². The smallest absolute Gasteiger partial charge is 0.407 e. The predicted molar refractivity (Wildman–Crippen MR) is 68.9 cm³/mol. The van der Waals surface area contributed by atoms with E-state index in [0.29, 0.717) is 24.8 Å². The van der Waals surface area contributed by atoms with Crippen LogP contribution in [0.15, 0.2) is 24.4 Å². The first-order valence-corrected chi connectivity index (χ1v) is 6.18. The molecule has 3 heterocycles. The van der Waals surface area contributed by atoms with E-state index in [1.807, 2.05) is 16.7 Å². The molecular weight excluding hydrogens is 268 g/mol. The van der Waals surface area contributed by atoms with Crippen LogP contribution in [0.25, 0.3) is 11.4 Å². The summed E-state index contributed by atoms with van der Waals surface area (Å²) in [7, 11) is 0. The first-order chi connectivity index (χ1) is 9.15. The average molecular weight is 279 g/mol. The van der Waals surface area contributed by atoms with Crippen molar-refractivity contribution in [1.29, 1.82) is 0 Å². The van der Waals surface area contributed by atoms with Crippen LogP contribution in [0.2, 0.25) is 5.15 Å². The van der Waals surface area contributed by atoms with Gasteiger partial charge in [0, 0.05) is 13.1 Å². The summed E-state index contributed by atoms with van der Waals surface area (Å²) >= 11 is 5.88. The maximum Gasteiger partial charge on any atom is 0.407 e. The highest BCUT2D eigenvalue weighted by atomic mass is 35.5. The van der Waals surface area contributed by atoms with E-state index in [-0.39, 0.29) is 0 Å². The zero-order valence-corrected chi connectivity index (χ0v) is 10.7. The molecule has 3 rings (SSSR count). The molecule has 2 aromatic heterocycles. The first-order valence-electron chi connectivity index (χ1n) is 5.80. The van der Waals surface area contributed by atoms with E-state index in [0.717, 1.165) is 17.2 Å². The highest BCUT2D eigenvalue weighted by Gasteiger charge is 2.23. The Morgan fingerprint density at radius 2 is 2.21 bits per heavy atom. The van der Waals surface area contributed by atoms with Crippen molar-refractivity contribution < 1.29 is 9.90 Å². The molecule has 2 aromatic rings. The number of carbonyl (C=O) groups is 1. The Morgan fingerprint density at radius 1 is 1.37 bits per heavy atom. The van der Waals surface area contributed by atoms with Gasteiger partial charge in [0.15, 0.2) is 0 Å². The van der Waals surface area contributed by atoms with Gasteiger partial charge in [-0.2, -0.15) is 0 Å². The summed E-state index contributed by atoms with van der Waals surface area (Å²) in [6, 6.07) is 5.40. The molecular formula is C12H11ClN4O2. The maximum absolute atomic E-state index is 10.9. The molecule has 0 atom stereocenters. The fraction of sp³-hybridized carbons (Fsp3) is 0.250. The summed E-state index contributed by atoms with van der Waals surface area (Å²) < 4.78 is 1.98. The van der Waals surface area contributed by atoms with Crippen molar-refractivity contribution in [3.63, 3.8) is 0 Å². The van der Waals surface area contributed by atoms with Crippen LogP contribution < -0.4 is 0 Å². The monoisotopic (exact) mass is 278 g/mol. The lowest BCUT2D eigenvalue weighted by Gasteiger charge is -2.26. The molecule has 1 amide bonds. The third-order valence-corrected chi connectivity index (χ3v) is 3.32. The summed E-state index contributed by atoms with van der Waals surface area (Å²) in [6.45, 7) is 1.33. The third kappa shape index (κ3) is 2.15. The van der Waals surface area contributed by atoms with Gasteiger partial charge < -0.3 is 9.67 Å². The Bertz CT molecular complexity index is 640. The van der Waals surface area contributed by atoms with Crippen molar-refractivity contribution in [2.75, 3.05) is 6.54 Å². The topological polar surface area (TPSA) is 71.2 Å². The lowest BCUT2D eigenvalue weighted by molar-refractivity contribution is 0.132. The molecule has 98 valence electrons. The van der Waals surface area contributed by atoms with Gasteiger partial charge in [-0.3, -0.25) is 4.90 Å². The number of fused-ring (bicyclic) bond motifs is 1. The number of carboxylic acid groups (broad SMARTS) is 1. The zero-order valence-electron chi connectivity index (χ0n) is 9.95. The molecule has 0 radical (unpaired) electrons. The average Bonchev–Trinajstić information content (AvgIpc) is 2.81. The fourth-order valence-electron chi connectivity index (χ4n) is 2.18. The molecule has 0 saturated heterocycles. The van der Waals surface area contributed by atoms with Crippen molar-refractivity contribution in [1.82, 2.24) is 19.4 Å². The second-order valence-electron chi connectivity index (χ2n) is 4.26. The van der Waals surface area contributed by atoms with Crippen molar-refractivity contribution >= 4 is 17.7 Å². The van der Waals surface area contributed by atoms with E-state index in [1.165, 1.54) is 4.90 Å². The van der Waals surface area contributed by atoms with Gasteiger partial charge >= 0.3 is 6.09 Å². The van der Waals surface area contributed by atoms with Gasteiger partial charge in [0.1, 0.15) is 11.0 Å². The Kier molecular flexibility index (Phi) is 2.87. The Balaban J connectivity index is 1.97. The Labute approximate surface area is 114 Å². The molecule has 0 aliphatic carbocycles. The zero-order chi connectivity index (χ0) is 13.4. The second kappa shape index (κ2) is 4.55. The van der Waals surface area contributed by atoms with E-state index in [2.05, 4.69) is 9.97 Å². The molecule has 0 unspecified atom stereocenters. The Morgan fingerprint density at radius 3 is 2.95 bits per heavy atom. The van der Waals surface area contributed by atoms with Gasteiger partial charge in [0.2, 0.25) is 0 Å². The minimum absolute atomic E-state index is 0.301. The van der Waals surface area contributed by atoms with Crippen LogP contribution in [-0.4, -0.2) is 37.2 Å². The van der Waals surface area contributed by atoms with Crippen LogP contribution in [0.3, 0.4) is 0 Å². The number of halogens is 1. The highest BCUT2D eigenvalue weighted by molar-refractivity contribution is 6.29. The molecule has 1 aliphatic rings. The van der Waals surface area contributed by atoms with E-state index in [9.17, 15) is 4.79 Å². The normalized spacial score (nSPS) is 14.3. The number of rotatable bonds is 1. The van der Waals surface area contributed by atoms with E-state index in [4.69, 9.17) is 16.7 Å². The largest absolute Gasteiger partial charge is 0.465 e. The fourth-order valence-corrected chi connectivity index (χ4v) is 2.34. The van der Waals surface area contributed by atoms with Crippen LogP contribution in [0.1, 0.15) is 5.82 Å². The van der Waals surface area contributed by atoms with Crippen molar-refractivity contribution in [3.05, 3.63) is 35.4 Å². The summed E-state index contributed by atoms with van der Waals surface area (Å²) in [5, 5.41) is 9.41. The number of nitrogens with zero attached hydrogens (tertiary/aromatic N) is 4. The molecule has 0 spiro atoms. The van der Waals surface area contributed by atoms with Crippen molar-refractivity contribution in [3.8, 4) is 11.4 Å². The Hall–Kier alpha value is -2.08. The number of imidazole rings is 1. The maximum atomic E-state index is 10.9. The molecule has 0 fully saturated rings. The van der Waals surface area contributed by atoms with Crippen LogP contribution >= 0.6 is 11.6 Å². The van der Waals surface area contributed by atoms with Gasteiger partial charge in [0.05, 0.1) is 24.1 Å². The van der Waals surface area contributed by atoms with Crippen LogP contribution in [0.4, 0.5) is 4.79 Å². The molecule has 1 aliphatic heterocycles. The first kappa shape index (κ1) is 12.0. The van der Waals surface area contributed by atoms with E-state index in [1.54, 1.807) is 12.3 Å². The van der Waals surface area contributed by atoms with Gasteiger partial charge in [-0.05, 0) is 12.1 Å². The molecule has 0 saturated carbocycles. The summed E-state index contributed by atoms with van der Waals surface area (Å²) in [6.07, 6.45) is 0.788. The lowest BCUT2D eigenvalue weighted by atomic mass is 10.2. The lowest BCUT2D eigenvalue weighted by Crippen LogP contribution is -2.37. The van der Waals surface area contributed by atoms with Crippen LogP contribution in [-0.2, 0) is 13.1 Å². The summed E-state index contributed by atoms with van der Waals surface area (Å²) in [4.78, 5) is 20.8. The minimum atomic E-state index is -0.920. The standard InChI is InChI=1S/C12H11ClN4O2/c13-10-3-1-2-8(15-10)9-6-14-11-7-16(12(18)19)4-5-17(9)11/h1-3,6H,4-5,7H2,(H,18,19). The number of amides is 1. The van der Waals surface area contributed by atoms with Gasteiger partial charge in [-0.1, -0.05) is 17.7 Å². The number of pyridine rings is 1. The van der Waals surface area contributed by atoms with Crippen molar-refractivity contribution in [2.45, 2.75) is 13.1 Å². The minimum Gasteiger partial charge on any atom is -0.465 e.